The number of carbonyl (C=O) groups is 1. The van der Waals surface area contributed by atoms with E-state index in [0.29, 0.717) is 4.57 Å². The van der Waals surface area contributed by atoms with Crippen molar-refractivity contribution in [2.24, 2.45) is 0 Å². The van der Waals surface area contributed by atoms with Crippen LogP contribution in [0.3, 0.4) is 0 Å². The number of H-pyrrole nitrogens is 1. The summed E-state index contributed by atoms with van der Waals surface area (Å²) in [5.41, 5.74) is -1.83. The largest absolute Gasteiger partial charge is 1.00 e. The predicted octanol–water partition coefficient (Wildman–Crippen LogP) is -16.3. The second-order valence-electron chi connectivity index (χ2n) is 7.66. The van der Waals surface area contributed by atoms with Gasteiger partial charge in [0.1, 0.15) is 42.7 Å². The van der Waals surface area contributed by atoms with E-state index >= 15 is 0 Å². The van der Waals surface area contributed by atoms with Crippen molar-refractivity contribution in [3.63, 3.8) is 0 Å². The number of hydrogen-bond donors (Lipinski definition) is 6. The fourth-order valence-electron chi connectivity index (χ4n) is 3.31. The molecule has 0 saturated carbocycles. The summed E-state index contributed by atoms with van der Waals surface area (Å²) in [6.45, 7) is -1.17. The molecule has 6 N–H and O–H groups in total. The number of aromatic nitrogens is 2. The molecule has 3 rings (SSSR count). The molecule has 0 aromatic carbocycles. The molecule has 25 heteroatoms. The van der Waals surface area contributed by atoms with Gasteiger partial charge in [0.05, 0.1) is 12.6 Å². The molecular formula is C15H19N2Na3O18P2. The number of carbonyl (C=O) groups excluding carboxylic acids is 1. The Morgan fingerprint density at radius 1 is 0.950 bits per heavy atom. The average Bonchev–Trinajstić information content (AvgIpc) is 3.05. The van der Waals surface area contributed by atoms with Crippen molar-refractivity contribution >= 4 is 21.6 Å². The summed E-state index contributed by atoms with van der Waals surface area (Å²) in [5, 5.41) is 60.0. The van der Waals surface area contributed by atoms with Gasteiger partial charge < -0.3 is 59.2 Å². The number of nitrogens with one attached hydrogen (secondary N) is 1. The van der Waals surface area contributed by atoms with Gasteiger partial charge in [0.15, 0.2) is 12.5 Å². The van der Waals surface area contributed by atoms with Crippen LogP contribution in [0.25, 0.3) is 0 Å². The number of aliphatic hydroxyl groups excluding tert-OH is 5. The molecule has 1 aromatic rings. The molecule has 0 radical (unpaired) electrons. The minimum Gasteiger partial charge on any atom is -0.756 e. The fraction of sp³-hybridized carbons (Fsp3) is 0.667. The number of phosphoric acid groups is 2. The Morgan fingerprint density at radius 2 is 1.55 bits per heavy atom. The third-order valence-electron chi connectivity index (χ3n) is 5.09. The fourth-order valence-corrected chi connectivity index (χ4v) is 5.39. The number of ether oxygens (including phenoxy) is 2. The summed E-state index contributed by atoms with van der Waals surface area (Å²) < 4.78 is 46.5. The third kappa shape index (κ3) is 10.1. The molecule has 0 amide bonds. The monoisotopic (exact) mass is 646 g/mol. The maximum Gasteiger partial charge on any atom is 1.00 e. The molecule has 0 spiro atoms. The number of rotatable bonds is 9. The van der Waals surface area contributed by atoms with Gasteiger partial charge >= 0.3 is 94.4 Å². The molecule has 11 unspecified atom stereocenters. The van der Waals surface area contributed by atoms with Crippen LogP contribution in [0.1, 0.15) is 6.23 Å². The summed E-state index contributed by atoms with van der Waals surface area (Å²) in [5.74, 6) is -2.13. The van der Waals surface area contributed by atoms with Crippen LogP contribution in [0.5, 0.6) is 0 Å². The van der Waals surface area contributed by atoms with E-state index in [2.05, 4.69) is 18.1 Å². The number of nitrogens with zero attached hydrogens (tertiary/aromatic N) is 1. The zero-order valence-corrected chi connectivity index (χ0v) is 28.7. The Bertz CT molecular complexity index is 1220. The van der Waals surface area contributed by atoms with E-state index in [0.717, 1.165) is 12.3 Å². The Kier molecular flexibility index (Phi) is 16.9. The summed E-state index contributed by atoms with van der Waals surface area (Å²) in [6.07, 6.45) is -18.0. The maximum atomic E-state index is 12.0. The molecule has 2 aliphatic heterocycles. The van der Waals surface area contributed by atoms with Gasteiger partial charge in [-0.3, -0.25) is 28.0 Å². The van der Waals surface area contributed by atoms with Crippen LogP contribution in [-0.2, 0) is 36.8 Å². The van der Waals surface area contributed by atoms with Crippen LogP contribution in [-0.4, -0.2) is 96.7 Å². The van der Waals surface area contributed by atoms with E-state index in [9.17, 15) is 63.9 Å². The van der Waals surface area contributed by atoms with Crippen LogP contribution in [0, 0.1) is 0 Å². The van der Waals surface area contributed by atoms with Crippen LogP contribution < -0.4 is 115 Å². The summed E-state index contributed by atoms with van der Waals surface area (Å²) in [7, 11) is -11.9. The Labute approximate surface area is 289 Å². The number of carboxylic acids is 1. The van der Waals surface area contributed by atoms with Gasteiger partial charge in [-0.2, -0.15) is 0 Å². The number of hydrogen-bond acceptors (Lipinski definition) is 18. The van der Waals surface area contributed by atoms with E-state index in [1.54, 1.807) is 0 Å². The van der Waals surface area contributed by atoms with Crippen molar-refractivity contribution in [1.29, 1.82) is 0 Å². The number of aliphatic hydroxyl groups is 5. The molecule has 3 heterocycles. The molecule has 2 fully saturated rings. The SMILES string of the molecule is O=C([O-])C1OC(OP(=O)([O-])OP(=O)([O-])OCC2OC(n3ccc(=O)[nH]c3=O)C(O)C2O)C(O)C(O)C1O.[Na+].[Na+].[Na+]. The zero-order chi connectivity index (χ0) is 27.9. The maximum absolute atomic E-state index is 12.0. The van der Waals surface area contributed by atoms with E-state index in [-0.39, 0.29) is 88.7 Å². The van der Waals surface area contributed by atoms with Crippen molar-refractivity contribution in [3.8, 4) is 0 Å². The van der Waals surface area contributed by atoms with Crippen molar-refractivity contribution in [2.75, 3.05) is 6.61 Å². The molecule has 0 bridgehead atoms. The van der Waals surface area contributed by atoms with Gasteiger partial charge in [0, 0.05) is 12.3 Å². The van der Waals surface area contributed by atoms with E-state index < -0.39 is 94.7 Å². The van der Waals surface area contributed by atoms with E-state index in [1.165, 1.54) is 0 Å². The summed E-state index contributed by atoms with van der Waals surface area (Å²) >= 11 is 0. The molecular weight excluding hydrogens is 627 g/mol. The molecule has 0 aliphatic carbocycles. The normalized spacial score (nSPS) is 34.7. The van der Waals surface area contributed by atoms with Gasteiger partial charge in [-0.25, -0.2) is 9.11 Å². The van der Waals surface area contributed by atoms with Crippen molar-refractivity contribution in [3.05, 3.63) is 33.1 Å². The van der Waals surface area contributed by atoms with Gasteiger partial charge in [-0.05, 0) is 0 Å². The molecule has 2 aliphatic rings. The summed E-state index contributed by atoms with van der Waals surface area (Å²) in [4.78, 5) is 59.8. The molecule has 2 saturated heterocycles. The topological polar surface area (TPSA) is 323 Å². The first-order valence-electron chi connectivity index (χ1n) is 9.93. The van der Waals surface area contributed by atoms with Crippen molar-refractivity contribution < 1.29 is 166 Å². The first-order chi connectivity index (χ1) is 17.0. The Hall–Kier alpha value is 1.13. The minimum absolute atomic E-state index is 0. The predicted molar refractivity (Wildman–Crippen MR) is 102 cm³/mol. The number of aliphatic carboxylic acids is 1. The zero-order valence-electron chi connectivity index (χ0n) is 20.9. The second kappa shape index (κ2) is 16.4. The van der Waals surface area contributed by atoms with Crippen molar-refractivity contribution in [1.82, 2.24) is 9.55 Å². The van der Waals surface area contributed by atoms with Crippen LogP contribution >= 0.6 is 15.6 Å². The first kappa shape index (κ1) is 41.1. The Morgan fingerprint density at radius 3 is 2.10 bits per heavy atom. The van der Waals surface area contributed by atoms with Crippen LogP contribution in [0.4, 0.5) is 0 Å². The second-order valence-corrected chi connectivity index (χ2v) is 10.6. The van der Waals surface area contributed by atoms with Gasteiger partial charge in [0.25, 0.3) is 21.2 Å². The van der Waals surface area contributed by atoms with Gasteiger partial charge in [-0.1, -0.05) is 0 Å². The van der Waals surface area contributed by atoms with Crippen LogP contribution in [0.2, 0.25) is 0 Å². The van der Waals surface area contributed by atoms with E-state index in [1.807, 2.05) is 4.98 Å². The van der Waals surface area contributed by atoms with Crippen molar-refractivity contribution in [2.45, 2.75) is 55.2 Å². The Balaban J connectivity index is 0.00000507. The first-order valence-corrected chi connectivity index (χ1v) is 12.8. The summed E-state index contributed by atoms with van der Waals surface area (Å²) in [6, 6.07) is 0.890. The smallest absolute Gasteiger partial charge is 0.756 e. The molecule has 210 valence electrons. The molecule has 1 aromatic heterocycles. The number of phosphoric ester groups is 2. The quantitative estimate of drug-likeness (QED) is 0.107. The third-order valence-corrected chi connectivity index (χ3v) is 7.63. The van der Waals surface area contributed by atoms with E-state index in [4.69, 9.17) is 4.74 Å². The molecule has 11 atom stereocenters. The van der Waals surface area contributed by atoms with Crippen LogP contribution in [0.15, 0.2) is 21.9 Å². The van der Waals surface area contributed by atoms with Gasteiger partial charge in [0.2, 0.25) is 0 Å². The van der Waals surface area contributed by atoms with Gasteiger partial charge in [-0.15, -0.1) is 0 Å². The molecule has 20 nitrogen and oxygen atoms in total. The standard InChI is InChI=1S/C15H22N2O18P2.3Na/c18-5-1-2-17(15(26)16-5)12-9(22)6(19)4(32-12)3-31-36(27,28)35-37(29,30)34-14-10(23)7(20)8(21)11(33-14)13(24)25;;;/h1-2,4,6-12,14,19-23H,3H2,(H,24,25)(H,27,28)(H,29,30)(H,16,18,26);;;/q;3*+1/p-3. The number of carboxylic acid groups (broad SMARTS) is 1. The average molecular weight is 646 g/mol. The number of aromatic amines is 1. The minimum atomic E-state index is -6.06. The molecule has 40 heavy (non-hydrogen) atoms.